The van der Waals surface area contributed by atoms with Gasteiger partial charge in [0.05, 0.1) is 5.41 Å². The van der Waals surface area contributed by atoms with Crippen LogP contribution in [0.1, 0.15) is 38.3 Å². The minimum Gasteiger partial charge on any atom is -0.314 e. The Morgan fingerprint density at radius 2 is 1.56 bits per heavy atom. The Morgan fingerprint density at radius 3 is 2.04 bits per heavy atom. The number of carbonyl (C=O) groups is 1. The highest BCUT2D eigenvalue weighted by Crippen LogP contribution is 2.68. The quantitative estimate of drug-likeness (QED) is 0.652. The third kappa shape index (κ3) is 2.91. The summed E-state index contributed by atoms with van der Waals surface area (Å²) in [7, 11) is 0. The Labute approximate surface area is 149 Å². The maximum atomic E-state index is 13.0. The lowest BCUT2D eigenvalue weighted by atomic mass is 9.80. The monoisotopic (exact) mass is 332 g/mol. The topological polar surface area (TPSA) is 41.5 Å². The Hall–Kier alpha value is -2.68. The van der Waals surface area contributed by atoms with E-state index in [0.29, 0.717) is 5.84 Å². The van der Waals surface area contributed by atoms with Crippen LogP contribution in [-0.4, -0.2) is 11.7 Å². The molecule has 1 aliphatic rings. The van der Waals surface area contributed by atoms with Gasteiger partial charge in [-0.05, 0) is 38.3 Å². The molecule has 2 aromatic carbocycles. The molecule has 0 bridgehead atoms. The second-order valence-electron chi connectivity index (χ2n) is 6.80. The van der Waals surface area contributed by atoms with Crippen molar-refractivity contribution in [1.82, 2.24) is 5.32 Å². The number of hydrogen-bond acceptors (Lipinski definition) is 2. The SMILES string of the molecule is C/C=C\N=C(C)NC(=O)C1(C)CC1(c1ccccc1)c1ccccc1. The Kier molecular flexibility index (Phi) is 4.58. The number of benzene rings is 2. The van der Waals surface area contributed by atoms with E-state index in [4.69, 9.17) is 0 Å². The van der Waals surface area contributed by atoms with Gasteiger partial charge in [-0.1, -0.05) is 66.7 Å². The summed E-state index contributed by atoms with van der Waals surface area (Å²) in [6.07, 6.45) is 4.32. The molecule has 1 amide bonds. The standard InChI is InChI=1S/C22H24N2O/c1-4-15-23-17(2)24-20(25)21(3)16-22(21,18-11-7-5-8-12-18)19-13-9-6-10-14-19/h4-15H,16H2,1-3H3,(H,23,24,25)/b15-4-. The van der Waals surface area contributed by atoms with Gasteiger partial charge in [0.2, 0.25) is 5.91 Å². The van der Waals surface area contributed by atoms with Crippen molar-refractivity contribution in [3.8, 4) is 0 Å². The predicted octanol–water partition coefficient (Wildman–Crippen LogP) is 4.45. The lowest BCUT2D eigenvalue weighted by molar-refractivity contribution is -0.124. The van der Waals surface area contributed by atoms with Crippen molar-refractivity contribution in [2.75, 3.05) is 0 Å². The molecule has 1 unspecified atom stereocenters. The van der Waals surface area contributed by atoms with Crippen LogP contribution in [0.3, 0.4) is 0 Å². The van der Waals surface area contributed by atoms with Crippen molar-refractivity contribution in [1.29, 1.82) is 0 Å². The molecule has 3 rings (SSSR count). The summed E-state index contributed by atoms with van der Waals surface area (Å²) in [5.41, 5.74) is 1.58. The molecule has 1 saturated carbocycles. The first kappa shape index (κ1) is 17.2. The second kappa shape index (κ2) is 6.67. The molecule has 0 aliphatic heterocycles. The number of nitrogens with zero attached hydrogens (tertiary/aromatic N) is 1. The van der Waals surface area contributed by atoms with Gasteiger partial charge in [0, 0.05) is 11.6 Å². The third-order valence-electron chi connectivity index (χ3n) is 5.18. The number of rotatable bonds is 4. The molecule has 0 aromatic heterocycles. The second-order valence-corrected chi connectivity index (χ2v) is 6.80. The van der Waals surface area contributed by atoms with E-state index in [1.165, 1.54) is 11.1 Å². The van der Waals surface area contributed by atoms with E-state index in [1.54, 1.807) is 6.20 Å². The summed E-state index contributed by atoms with van der Waals surface area (Å²) in [4.78, 5) is 17.3. The molecule has 2 aromatic rings. The first-order valence-electron chi connectivity index (χ1n) is 8.63. The number of allylic oxidation sites excluding steroid dienone is 1. The summed E-state index contributed by atoms with van der Waals surface area (Å²) in [6.45, 7) is 5.76. The zero-order valence-electron chi connectivity index (χ0n) is 15.0. The van der Waals surface area contributed by atoms with Crippen LogP contribution in [-0.2, 0) is 10.2 Å². The molecule has 0 heterocycles. The first-order chi connectivity index (χ1) is 12.0. The van der Waals surface area contributed by atoms with E-state index in [2.05, 4.69) is 34.6 Å². The van der Waals surface area contributed by atoms with E-state index in [-0.39, 0.29) is 11.3 Å². The largest absolute Gasteiger partial charge is 0.314 e. The van der Waals surface area contributed by atoms with Gasteiger partial charge in [0.1, 0.15) is 5.84 Å². The molecule has 0 spiro atoms. The molecule has 0 saturated heterocycles. The lowest BCUT2D eigenvalue weighted by Crippen LogP contribution is -2.38. The maximum Gasteiger partial charge on any atom is 0.232 e. The minimum absolute atomic E-state index is 0.0194. The smallest absolute Gasteiger partial charge is 0.232 e. The predicted molar refractivity (Wildman–Crippen MR) is 102 cm³/mol. The number of carbonyl (C=O) groups excluding carboxylic acids is 1. The summed E-state index contributed by atoms with van der Waals surface area (Å²) in [5.74, 6) is 0.636. The molecule has 1 N–H and O–H groups in total. The normalized spacial score (nSPS) is 22.0. The highest BCUT2D eigenvalue weighted by atomic mass is 16.2. The average Bonchev–Trinajstić information content (AvgIpc) is 3.30. The van der Waals surface area contributed by atoms with Crippen LogP contribution in [0.5, 0.6) is 0 Å². The van der Waals surface area contributed by atoms with Crippen LogP contribution in [0.4, 0.5) is 0 Å². The molecule has 3 nitrogen and oxygen atoms in total. The Bertz CT molecular complexity index is 769. The van der Waals surface area contributed by atoms with Crippen LogP contribution in [0.15, 0.2) is 77.9 Å². The lowest BCUT2D eigenvalue weighted by Gasteiger charge is -2.24. The van der Waals surface area contributed by atoms with Crippen molar-refractivity contribution in [3.63, 3.8) is 0 Å². The number of amides is 1. The molecule has 25 heavy (non-hydrogen) atoms. The van der Waals surface area contributed by atoms with Gasteiger partial charge < -0.3 is 5.32 Å². The molecule has 1 aliphatic carbocycles. The summed E-state index contributed by atoms with van der Waals surface area (Å²) < 4.78 is 0. The van der Waals surface area contributed by atoms with Crippen LogP contribution >= 0.6 is 0 Å². The van der Waals surface area contributed by atoms with Crippen LogP contribution in [0, 0.1) is 5.41 Å². The van der Waals surface area contributed by atoms with Crippen molar-refractivity contribution >= 4 is 11.7 Å². The van der Waals surface area contributed by atoms with Gasteiger partial charge in [0.25, 0.3) is 0 Å². The van der Waals surface area contributed by atoms with Crippen molar-refractivity contribution in [2.24, 2.45) is 10.4 Å². The Morgan fingerprint density at radius 1 is 1.04 bits per heavy atom. The van der Waals surface area contributed by atoms with E-state index < -0.39 is 5.41 Å². The van der Waals surface area contributed by atoms with E-state index >= 15 is 0 Å². The molecule has 128 valence electrons. The molecule has 0 radical (unpaired) electrons. The van der Waals surface area contributed by atoms with Crippen molar-refractivity contribution in [2.45, 2.75) is 32.6 Å². The fourth-order valence-electron chi connectivity index (χ4n) is 3.73. The van der Waals surface area contributed by atoms with Crippen LogP contribution < -0.4 is 5.32 Å². The van der Waals surface area contributed by atoms with E-state index in [9.17, 15) is 4.79 Å². The number of amidine groups is 1. The zero-order chi connectivity index (χ0) is 17.9. The molecular weight excluding hydrogens is 308 g/mol. The summed E-state index contributed by atoms with van der Waals surface area (Å²) >= 11 is 0. The summed E-state index contributed by atoms with van der Waals surface area (Å²) in [6, 6.07) is 20.6. The fourth-order valence-corrected chi connectivity index (χ4v) is 3.73. The van der Waals surface area contributed by atoms with Crippen molar-refractivity contribution in [3.05, 3.63) is 84.1 Å². The molecular formula is C22H24N2O. The van der Waals surface area contributed by atoms with Crippen LogP contribution in [0.2, 0.25) is 0 Å². The Balaban J connectivity index is 1.98. The van der Waals surface area contributed by atoms with Gasteiger partial charge in [0.15, 0.2) is 0 Å². The van der Waals surface area contributed by atoms with Gasteiger partial charge in [-0.15, -0.1) is 0 Å². The average molecular weight is 332 g/mol. The fraction of sp³-hybridized carbons (Fsp3) is 0.273. The van der Waals surface area contributed by atoms with Gasteiger partial charge in [-0.3, -0.25) is 4.79 Å². The number of nitrogens with one attached hydrogen (secondary N) is 1. The number of aliphatic imine (C=N–C) groups is 1. The highest BCUT2D eigenvalue weighted by molar-refractivity contribution is 6.02. The van der Waals surface area contributed by atoms with Gasteiger partial charge >= 0.3 is 0 Å². The number of hydrogen-bond donors (Lipinski definition) is 1. The highest BCUT2D eigenvalue weighted by Gasteiger charge is 2.70. The minimum atomic E-state index is -0.498. The maximum absolute atomic E-state index is 13.0. The van der Waals surface area contributed by atoms with Gasteiger partial charge in [-0.2, -0.15) is 0 Å². The molecule has 1 fully saturated rings. The van der Waals surface area contributed by atoms with Gasteiger partial charge in [-0.25, -0.2) is 4.99 Å². The molecule has 1 atom stereocenters. The molecule has 3 heteroatoms. The van der Waals surface area contributed by atoms with Crippen LogP contribution in [0.25, 0.3) is 0 Å². The van der Waals surface area contributed by atoms with E-state index in [1.807, 2.05) is 63.2 Å². The van der Waals surface area contributed by atoms with E-state index in [0.717, 1.165) is 6.42 Å². The summed E-state index contributed by atoms with van der Waals surface area (Å²) in [5, 5.41) is 2.97. The first-order valence-corrected chi connectivity index (χ1v) is 8.63. The van der Waals surface area contributed by atoms with Crippen molar-refractivity contribution < 1.29 is 4.79 Å². The zero-order valence-corrected chi connectivity index (χ0v) is 15.0. The third-order valence-corrected chi connectivity index (χ3v) is 5.18.